The van der Waals surface area contributed by atoms with Crippen molar-refractivity contribution in [3.63, 3.8) is 0 Å². The average Bonchev–Trinajstić information content (AvgIpc) is 3.48. The second kappa shape index (κ2) is 11.3. The van der Waals surface area contributed by atoms with Crippen LogP contribution in [0.5, 0.6) is 11.5 Å². The Morgan fingerprint density at radius 1 is 1.13 bits per heavy atom. The number of nitrogens with one attached hydrogen (secondary N) is 2. The number of fused-ring (bicyclic) bond motifs is 1. The van der Waals surface area contributed by atoms with Gasteiger partial charge in [-0.1, -0.05) is 0 Å². The highest BCUT2D eigenvalue weighted by molar-refractivity contribution is 7.21. The van der Waals surface area contributed by atoms with Crippen LogP contribution < -0.4 is 20.1 Å². The molecule has 3 heterocycles. The smallest absolute Gasteiger partial charge is 0.224 e. The highest BCUT2D eigenvalue weighted by atomic mass is 32.1. The number of aliphatic hydroxyl groups excluding tert-OH is 2. The zero-order valence-corrected chi connectivity index (χ0v) is 22.8. The largest absolute Gasteiger partial charge is 0.497 e. The van der Waals surface area contributed by atoms with Gasteiger partial charge in [0.05, 0.1) is 36.4 Å². The van der Waals surface area contributed by atoms with Gasteiger partial charge >= 0.3 is 0 Å². The number of aliphatic hydroxyl groups is 3. The summed E-state index contributed by atoms with van der Waals surface area (Å²) < 4.78 is 11.7. The van der Waals surface area contributed by atoms with E-state index in [0.717, 1.165) is 15.8 Å². The van der Waals surface area contributed by atoms with Gasteiger partial charge in [-0.25, -0.2) is 9.97 Å². The zero-order valence-electron chi connectivity index (χ0n) is 22.0. The third-order valence-corrected chi connectivity index (χ3v) is 8.06. The van der Waals surface area contributed by atoms with Crippen LogP contribution in [0.2, 0.25) is 0 Å². The van der Waals surface area contributed by atoms with Crippen molar-refractivity contribution in [1.29, 1.82) is 0 Å². The minimum atomic E-state index is -1.66. The minimum absolute atomic E-state index is 0.215. The summed E-state index contributed by atoms with van der Waals surface area (Å²) in [5.74, 6) is 1.71. The predicted octanol–water partition coefficient (Wildman–Crippen LogP) is 2.99. The summed E-state index contributed by atoms with van der Waals surface area (Å²) in [6.07, 6.45) is 3.64. The van der Waals surface area contributed by atoms with Crippen molar-refractivity contribution < 1.29 is 24.8 Å². The lowest BCUT2D eigenvalue weighted by Gasteiger charge is -2.31. The van der Waals surface area contributed by atoms with E-state index < -0.39 is 17.7 Å². The van der Waals surface area contributed by atoms with Crippen LogP contribution in [0, 0.1) is 12.8 Å². The molecule has 0 bridgehead atoms. The molecule has 12 heteroatoms. The Morgan fingerprint density at radius 3 is 2.56 bits per heavy atom. The van der Waals surface area contributed by atoms with E-state index in [1.165, 1.54) is 11.3 Å². The summed E-state index contributed by atoms with van der Waals surface area (Å²) in [5.41, 5.74) is 1.40. The summed E-state index contributed by atoms with van der Waals surface area (Å²) in [7, 11) is 3.23. The molecule has 1 aliphatic rings. The van der Waals surface area contributed by atoms with Crippen LogP contribution >= 0.6 is 11.3 Å². The fourth-order valence-electron chi connectivity index (χ4n) is 4.85. The second-order valence-electron chi connectivity index (χ2n) is 9.59. The Hall–Kier alpha value is -3.58. The van der Waals surface area contributed by atoms with E-state index in [0.29, 0.717) is 58.9 Å². The molecule has 0 spiro atoms. The Balaban J connectivity index is 1.45. The molecule has 5 rings (SSSR count). The molecule has 3 aromatic heterocycles. The molecule has 206 valence electrons. The Kier molecular flexibility index (Phi) is 7.80. The first-order valence-corrected chi connectivity index (χ1v) is 13.5. The molecule has 0 radical (unpaired) electrons. The van der Waals surface area contributed by atoms with Gasteiger partial charge in [0.25, 0.3) is 0 Å². The van der Waals surface area contributed by atoms with Gasteiger partial charge < -0.3 is 35.4 Å². The molecule has 1 unspecified atom stereocenters. The molecule has 1 saturated carbocycles. The van der Waals surface area contributed by atoms with Crippen LogP contribution in [-0.4, -0.2) is 74.5 Å². The van der Waals surface area contributed by atoms with Crippen molar-refractivity contribution in [2.75, 3.05) is 38.0 Å². The van der Waals surface area contributed by atoms with Crippen molar-refractivity contribution in [2.24, 2.45) is 5.92 Å². The number of hydrogen-bond acceptors (Lipinski definition) is 12. The van der Waals surface area contributed by atoms with E-state index in [-0.39, 0.29) is 13.0 Å². The molecule has 0 saturated heterocycles. The Morgan fingerprint density at radius 2 is 1.90 bits per heavy atom. The third kappa shape index (κ3) is 5.59. The van der Waals surface area contributed by atoms with Crippen molar-refractivity contribution in [2.45, 2.75) is 38.0 Å². The maximum absolute atomic E-state index is 11.3. The Labute approximate surface area is 229 Å². The van der Waals surface area contributed by atoms with E-state index in [2.05, 4.69) is 20.6 Å². The van der Waals surface area contributed by atoms with Gasteiger partial charge in [-0.15, -0.1) is 11.3 Å². The molecular formula is C27H32N6O5S. The summed E-state index contributed by atoms with van der Waals surface area (Å²) >= 11 is 1.47. The molecule has 5 N–H and O–H groups in total. The normalized spacial score (nSPS) is 20.8. The fraction of sp³-hybridized carbons (Fsp3) is 0.407. The number of aryl methyl sites for hydroxylation is 1. The first-order chi connectivity index (χ1) is 18.8. The van der Waals surface area contributed by atoms with Crippen LogP contribution in [-0.2, 0) is 6.42 Å². The summed E-state index contributed by atoms with van der Waals surface area (Å²) in [5, 5.41) is 38.7. The van der Waals surface area contributed by atoms with Crippen molar-refractivity contribution in [1.82, 2.24) is 19.9 Å². The molecule has 11 nitrogen and oxygen atoms in total. The average molecular weight is 553 g/mol. The molecule has 3 atom stereocenters. The predicted molar refractivity (Wildman–Crippen MR) is 149 cm³/mol. The SMILES string of the molecule is COc1cc(CCNc2nc(C)c(-c3nc4cnccc4s3)c(N[C@]3(O)CCC(CO)[C@H]3O)n2)cc(OC)c1. The van der Waals surface area contributed by atoms with Gasteiger partial charge in [0.1, 0.15) is 33.9 Å². The van der Waals surface area contributed by atoms with Crippen molar-refractivity contribution in [3.8, 4) is 22.1 Å². The molecule has 4 aromatic rings. The molecule has 1 fully saturated rings. The lowest BCUT2D eigenvalue weighted by Crippen LogP contribution is -2.48. The number of pyridine rings is 1. The summed E-state index contributed by atoms with van der Waals surface area (Å²) in [6, 6.07) is 7.61. The van der Waals surface area contributed by atoms with Gasteiger partial charge in [0, 0.05) is 31.3 Å². The van der Waals surface area contributed by atoms with Crippen LogP contribution in [0.25, 0.3) is 20.8 Å². The van der Waals surface area contributed by atoms with Gasteiger partial charge in [-0.2, -0.15) is 4.98 Å². The van der Waals surface area contributed by atoms with Gasteiger partial charge in [0.2, 0.25) is 5.95 Å². The number of aromatic nitrogens is 4. The zero-order chi connectivity index (χ0) is 27.6. The standard InChI is InChI=1S/C27H32N6O5S/c1-15-22(25-31-20-13-28-8-6-21(20)39-25)24(33-27(36)7-4-17(14-34)23(27)35)32-26(30-15)29-9-5-16-10-18(37-2)12-19(11-16)38-3/h6,8,10-13,17,23,34-36H,4-5,7,9,14H2,1-3H3,(H2,29,30,32,33)/t17?,23-,27+/m1/s1. The lowest BCUT2D eigenvalue weighted by atomic mass is 10.0. The number of thiazole rings is 1. The number of anilines is 2. The van der Waals surface area contributed by atoms with Crippen LogP contribution in [0.3, 0.4) is 0 Å². The first kappa shape index (κ1) is 27.0. The van der Waals surface area contributed by atoms with E-state index in [1.54, 1.807) is 26.6 Å². The fourth-order valence-corrected chi connectivity index (χ4v) is 5.88. The number of benzene rings is 1. The van der Waals surface area contributed by atoms with Crippen molar-refractivity contribution in [3.05, 3.63) is 47.9 Å². The van der Waals surface area contributed by atoms with E-state index >= 15 is 0 Å². The van der Waals surface area contributed by atoms with E-state index in [4.69, 9.17) is 19.4 Å². The maximum Gasteiger partial charge on any atom is 0.224 e. The van der Waals surface area contributed by atoms with Crippen LogP contribution in [0.4, 0.5) is 11.8 Å². The number of rotatable bonds is 10. The van der Waals surface area contributed by atoms with Gasteiger partial charge in [0.15, 0.2) is 5.72 Å². The maximum atomic E-state index is 11.3. The molecule has 0 amide bonds. The highest BCUT2D eigenvalue weighted by Gasteiger charge is 2.47. The third-order valence-electron chi connectivity index (χ3n) is 7.00. The molecule has 1 aliphatic carbocycles. The monoisotopic (exact) mass is 552 g/mol. The van der Waals surface area contributed by atoms with Crippen LogP contribution in [0.1, 0.15) is 24.1 Å². The van der Waals surface area contributed by atoms with Gasteiger partial charge in [-0.05, 0) is 49.9 Å². The molecule has 39 heavy (non-hydrogen) atoms. The number of nitrogens with zero attached hydrogens (tertiary/aromatic N) is 4. The Bertz CT molecular complexity index is 1410. The van der Waals surface area contributed by atoms with Crippen LogP contribution in [0.15, 0.2) is 36.7 Å². The minimum Gasteiger partial charge on any atom is -0.497 e. The molecule has 1 aromatic carbocycles. The second-order valence-corrected chi connectivity index (χ2v) is 10.6. The first-order valence-electron chi connectivity index (χ1n) is 12.7. The quantitative estimate of drug-likeness (QED) is 0.184. The molecule has 0 aliphatic heterocycles. The molecular weight excluding hydrogens is 520 g/mol. The van der Waals surface area contributed by atoms with Crippen molar-refractivity contribution >= 4 is 33.3 Å². The topological polar surface area (TPSA) is 155 Å². The lowest BCUT2D eigenvalue weighted by molar-refractivity contribution is -0.0545. The van der Waals surface area contributed by atoms with Gasteiger partial charge in [-0.3, -0.25) is 4.98 Å². The number of methoxy groups -OCH3 is 2. The summed E-state index contributed by atoms with van der Waals surface area (Å²) in [6.45, 7) is 2.17. The highest BCUT2D eigenvalue weighted by Crippen LogP contribution is 2.40. The number of hydrogen-bond donors (Lipinski definition) is 5. The summed E-state index contributed by atoms with van der Waals surface area (Å²) in [4.78, 5) is 18.3. The van der Waals surface area contributed by atoms with E-state index in [1.807, 2.05) is 31.2 Å². The van der Waals surface area contributed by atoms with E-state index in [9.17, 15) is 15.3 Å². The number of ether oxygens (including phenoxy) is 2.